The second kappa shape index (κ2) is 5.95. The van der Waals surface area contributed by atoms with Crippen LogP contribution in [0.15, 0.2) is 34.3 Å². The molecule has 1 saturated heterocycles. The van der Waals surface area contributed by atoms with Crippen molar-refractivity contribution in [3.63, 3.8) is 0 Å². The van der Waals surface area contributed by atoms with Crippen molar-refractivity contribution < 1.29 is 0 Å². The molecule has 0 amide bonds. The lowest BCUT2D eigenvalue weighted by molar-refractivity contribution is 0.0557. The van der Waals surface area contributed by atoms with Crippen LogP contribution < -0.4 is 16.4 Å². The first-order valence-corrected chi connectivity index (χ1v) is 9.31. The van der Waals surface area contributed by atoms with E-state index < -0.39 is 0 Å². The second-order valence-electron chi connectivity index (χ2n) is 6.44. The lowest BCUT2D eigenvalue weighted by Crippen LogP contribution is -2.69. The van der Waals surface area contributed by atoms with Gasteiger partial charge in [-0.05, 0) is 25.0 Å². The molecule has 4 N–H and O–H groups in total. The van der Waals surface area contributed by atoms with Gasteiger partial charge in [-0.15, -0.1) is 0 Å². The van der Waals surface area contributed by atoms with Crippen LogP contribution in [0.4, 0.5) is 11.6 Å². The molecular weight excluding hydrogens is 365 g/mol. The molecule has 1 aromatic heterocycles. The quantitative estimate of drug-likeness (QED) is 0.847. The SMILES string of the molecule is Nc1nc(N2CC3(CC[C@@H]3N)C2)cnc1Sc1cccc(Cl)c1Cl. The van der Waals surface area contributed by atoms with Crippen molar-refractivity contribution in [1.82, 2.24) is 9.97 Å². The van der Waals surface area contributed by atoms with Gasteiger partial charge >= 0.3 is 0 Å². The molecule has 126 valence electrons. The summed E-state index contributed by atoms with van der Waals surface area (Å²) in [7, 11) is 0. The molecule has 1 aliphatic heterocycles. The predicted molar refractivity (Wildman–Crippen MR) is 98.9 cm³/mol. The number of nitrogens with two attached hydrogens (primary N) is 2. The fraction of sp³-hybridized carbons (Fsp3) is 0.375. The molecule has 2 aromatic rings. The fourth-order valence-corrected chi connectivity index (χ4v) is 4.55. The van der Waals surface area contributed by atoms with Gasteiger partial charge in [0.25, 0.3) is 0 Å². The van der Waals surface area contributed by atoms with E-state index in [4.69, 9.17) is 34.7 Å². The van der Waals surface area contributed by atoms with E-state index in [1.54, 1.807) is 12.3 Å². The minimum Gasteiger partial charge on any atom is -0.381 e. The van der Waals surface area contributed by atoms with Crippen LogP contribution in [-0.4, -0.2) is 29.1 Å². The van der Waals surface area contributed by atoms with Crippen LogP contribution in [0.2, 0.25) is 10.0 Å². The predicted octanol–water partition coefficient (Wildman–Crippen LogP) is 3.44. The maximum absolute atomic E-state index is 6.21. The molecule has 2 fully saturated rings. The van der Waals surface area contributed by atoms with E-state index in [9.17, 15) is 0 Å². The van der Waals surface area contributed by atoms with Gasteiger partial charge in [-0.25, -0.2) is 9.97 Å². The topological polar surface area (TPSA) is 81.1 Å². The minimum absolute atomic E-state index is 0.290. The summed E-state index contributed by atoms with van der Waals surface area (Å²) < 4.78 is 0. The number of benzene rings is 1. The van der Waals surface area contributed by atoms with E-state index >= 15 is 0 Å². The standard InChI is InChI=1S/C16H17Cl2N5S/c17-9-2-1-3-10(13(9)18)24-15-14(20)22-12(6-21-15)23-7-16(8-23)5-4-11(16)19/h1-3,6,11H,4-5,7-8,19H2,(H2,20,22)/t11-/m0/s1. The third-order valence-corrected chi connectivity index (χ3v) is 6.95. The first-order chi connectivity index (χ1) is 11.5. The Hall–Kier alpha value is -1.21. The summed E-state index contributed by atoms with van der Waals surface area (Å²) in [6, 6.07) is 5.79. The molecule has 1 aliphatic carbocycles. The number of hydrogen-bond acceptors (Lipinski definition) is 6. The molecule has 1 saturated carbocycles. The van der Waals surface area contributed by atoms with Crippen LogP contribution in [-0.2, 0) is 0 Å². The molecule has 2 aliphatic rings. The Balaban J connectivity index is 1.50. The average Bonchev–Trinajstić information content (AvgIpc) is 2.51. The summed E-state index contributed by atoms with van der Waals surface area (Å²) in [6.07, 6.45) is 4.08. The van der Waals surface area contributed by atoms with Gasteiger partial charge in [-0.2, -0.15) is 0 Å². The largest absolute Gasteiger partial charge is 0.381 e. The molecule has 4 rings (SSSR count). The Morgan fingerprint density at radius 1 is 1.29 bits per heavy atom. The summed E-state index contributed by atoms with van der Waals surface area (Å²) >= 11 is 13.6. The first-order valence-electron chi connectivity index (χ1n) is 7.73. The highest BCUT2D eigenvalue weighted by atomic mass is 35.5. The third-order valence-electron chi connectivity index (χ3n) is 4.95. The van der Waals surface area contributed by atoms with Crippen molar-refractivity contribution >= 4 is 46.6 Å². The summed E-state index contributed by atoms with van der Waals surface area (Å²) in [5.74, 6) is 1.20. The van der Waals surface area contributed by atoms with Gasteiger partial charge in [0.1, 0.15) is 10.8 Å². The molecule has 1 atom stereocenters. The summed E-state index contributed by atoms with van der Waals surface area (Å²) in [5.41, 5.74) is 12.5. The van der Waals surface area contributed by atoms with E-state index in [1.807, 2.05) is 12.1 Å². The molecule has 0 bridgehead atoms. The van der Waals surface area contributed by atoms with Gasteiger partial charge in [0.05, 0.1) is 16.2 Å². The highest BCUT2D eigenvalue weighted by Gasteiger charge is 2.53. The highest BCUT2D eigenvalue weighted by Crippen LogP contribution is 2.48. The molecule has 5 nitrogen and oxygen atoms in total. The van der Waals surface area contributed by atoms with E-state index in [2.05, 4.69) is 14.9 Å². The summed E-state index contributed by atoms with van der Waals surface area (Å²) in [6.45, 7) is 1.88. The van der Waals surface area contributed by atoms with Crippen LogP contribution in [0.25, 0.3) is 0 Å². The van der Waals surface area contributed by atoms with Crippen LogP contribution in [0.3, 0.4) is 0 Å². The fourth-order valence-electron chi connectivity index (χ4n) is 3.27. The van der Waals surface area contributed by atoms with E-state index in [0.29, 0.717) is 26.9 Å². The van der Waals surface area contributed by atoms with Crippen LogP contribution in [0.1, 0.15) is 12.8 Å². The molecule has 24 heavy (non-hydrogen) atoms. The van der Waals surface area contributed by atoms with Crippen molar-refractivity contribution in [2.24, 2.45) is 11.1 Å². The number of halogens is 2. The van der Waals surface area contributed by atoms with Gasteiger partial charge in [0, 0.05) is 29.4 Å². The maximum atomic E-state index is 6.21. The van der Waals surface area contributed by atoms with Gasteiger partial charge in [-0.1, -0.05) is 41.0 Å². The Morgan fingerprint density at radius 3 is 2.71 bits per heavy atom. The van der Waals surface area contributed by atoms with Gasteiger partial charge in [0.2, 0.25) is 0 Å². The zero-order chi connectivity index (χ0) is 16.9. The number of aromatic nitrogens is 2. The third kappa shape index (κ3) is 2.62. The van der Waals surface area contributed by atoms with Gasteiger partial charge in [-0.3, -0.25) is 0 Å². The Labute approximate surface area is 154 Å². The zero-order valence-electron chi connectivity index (χ0n) is 12.9. The average molecular weight is 382 g/mol. The lowest BCUT2D eigenvalue weighted by atomic mass is 9.60. The number of nitrogens with zero attached hydrogens (tertiary/aromatic N) is 3. The number of hydrogen-bond donors (Lipinski definition) is 2. The maximum Gasteiger partial charge on any atom is 0.158 e. The van der Waals surface area contributed by atoms with Crippen molar-refractivity contribution in [2.45, 2.75) is 28.8 Å². The van der Waals surface area contributed by atoms with E-state index in [-0.39, 0.29) is 5.41 Å². The van der Waals surface area contributed by atoms with Crippen molar-refractivity contribution in [3.05, 3.63) is 34.4 Å². The number of nitrogen functional groups attached to an aromatic ring is 1. The molecule has 8 heteroatoms. The van der Waals surface area contributed by atoms with Crippen LogP contribution in [0.5, 0.6) is 0 Å². The first kappa shape index (κ1) is 16.3. The van der Waals surface area contributed by atoms with E-state index in [1.165, 1.54) is 18.2 Å². The minimum atomic E-state index is 0.290. The monoisotopic (exact) mass is 381 g/mol. The zero-order valence-corrected chi connectivity index (χ0v) is 15.2. The Kier molecular flexibility index (Phi) is 4.03. The van der Waals surface area contributed by atoms with Crippen LogP contribution >= 0.6 is 35.0 Å². The van der Waals surface area contributed by atoms with Crippen molar-refractivity contribution in [2.75, 3.05) is 23.7 Å². The number of rotatable bonds is 3. The summed E-state index contributed by atoms with van der Waals surface area (Å²) in [5, 5.41) is 1.63. The van der Waals surface area contributed by atoms with Crippen LogP contribution in [0, 0.1) is 5.41 Å². The number of anilines is 2. The molecule has 2 heterocycles. The smallest absolute Gasteiger partial charge is 0.158 e. The summed E-state index contributed by atoms with van der Waals surface area (Å²) in [4.78, 5) is 11.9. The van der Waals surface area contributed by atoms with Gasteiger partial charge in [0.15, 0.2) is 5.82 Å². The molecular formula is C16H17Cl2N5S. The Morgan fingerprint density at radius 2 is 2.08 bits per heavy atom. The molecule has 0 unspecified atom stereocenters. The molecule has 0 radical (unpaired) electrons. The van der Waals surface area contributed by atoms with Crippen molar-refractivity contribution in [1.29, 1.82) is 0 Å². The normalized spacial score (nSPS) is 21.5. The highest BCUT2D eigenvalue weighted by molar-refractivity contribution is 7.99. The second-order valence-corrected chi connectivity index (χ2v) is 8.25. The lowest BCUT2D eigenvalue weighted by Gasteiger charge is -2.59. The van der Waals surface area contributed by atoms with E-state index in [0.717, 1.165) is 30.2 Å². The van der Waals surface area contributed by atoms with Gasteiger partial charge < -0.3 is 16.4 Å². The molecule has 1 spiro atoms. The molecule has 1 aromatic carbocycles. The Bertz CT molecular complexity index is 794. The van der Waals surface area contributed by atoms with Crippen molar-refractivity contribution in [3.8, 4) is 0 Å².